The number of aromatic nitrogens is 1. The molecule has 1 fully saturated rings. The fraction of sp³-hybridized carbons (Fsp3) is 0.533. The summed E-state index contributed by atoms with van der Waals surface area (Å²) in [5.41, 5.74) is -0.0581. The van der Waals surface area contributed by atoms with Gasteiger partial charge < -0.3 is 9.64 Å². The van der Waals surface area contributed by atoms with Crippen molar-refractivity contribution in [2.45, 2.75) is 43.0 Å². The molecule has 1 aliphatic rings. The van der Waals surface area contributed by atoms with Crippen LogP contribution in [0.5, 0.6) is 0 Å². The average Bonchev–Trinajstić information content (AvgIpc) is 2.52. The van der Waals surface area contributed by atoms with Gasteiger partial charge >= 0.3 is 5.97 Å². The third-order valence-corrected chi connectivity index (χ3v) is 4.37. The summed E-state index contributed by atoms with van der Waals surface area (Å²) in [7, 11) is 0. The van der Waals surface area contributed by atoms with E-state index in [2.05, 4.69) is 4.98 Å². The van der Waals surface area contributed by atoms with Crippen LogP contribution in [0.4, 0.5) is 8.78 Å². The van der Waals surface area contributed by atoms with Crippen molar-refractivity contribution in [3.05, 3.63) is 23.9 Å². The number of pyridine rings is 1. The van der Waals surface area contributed by atoms with Gasteiger partial charge in [0.25, 0.3) is 11.7 Å². The molecule has 8 heteroatoms. The number of hydrogen-bond acceptors (Lipinski definition) is 5. The first-order valence-corrected chi connectivity index (χ1v) is 8.23. The van der Waals surface area contributed by atoms with Gasteiger partial charge in [0.15, 0.2) is 6.61 Å². The predicted molar refractivity (Wildman–Crippen MR) is 81.4 cm³/mol. The smallest absolute Gasteiger partial charge is 0.341 e. The van der Waals surface area contributed by atoms with E-state index in [0.29, 0.717) is 6.54 Å². The fourth-order valence-electron chi connectivity index (χ4n) is 2.48. The number of piperidine rings is 1. The molecule has 1 aromatic heterocycles. The van der Waals surface area contributed by atoms with E-state index in [1.807, 2.05) is 6.92 Å². The normalized spacial score (nSPS) is 18.1. The second-order valence-corrected chi connectivity index (χ2v) is 6.22. The van der Waals surface area contributed by atoms with Crippen LogP contribution in [0.1, 0.15) is 36.5 Å². The van der Waals surface area contributed by atoms with Crippen LogP contribution in [-0.4, -0.2) is 46.7 Å². The third kappa shape index (κ3) is 4.89. The second kappa shape index (κ2) is 8.24. The van der Waals surface area contributed by atoms with Crippen molar-refractivity contribution in [1.82, 2.24) is 9.88 Å². The molecule has 0 aliphatic carbocycles. The molecular formula is C15H18F2N2O3S. The van der Waals surface area contributed by atoms with E-state index < -0.39 is 18.3 Å². The maximum absolute atomic E-state index is 12.5. The predicted octanol–water partition coefficient (Wildman–Crippen LogP) is 2.95. The molecule has 2 rings (SSSR count). The Kier molecular flexibility index (Phi) is 6.32. The highest BCUT2D eigenvalue weighted by Crippen LogP contribution is 2.26. The lowest BCUT2D eigenvalue weighted by molar-refractivity contribution is -0.137. The van der Waals surface area contributed by atoms with E-state index in [9.17, 15) is 18.4 Å². The molecule has 1 saturated heterocycles. The molecule has 126 valence electrons. The van der Waals surface area contributed by atoms with Crippen molar-refractivity contribution >= 4 is 23.6 Å². The number of alkyl halides is 2. The molecule has 0 N–H and O–H groups in total. The SMILES string of the molecule is CC1CCCCN1C(=O)COC(=O)c1cccnc1SC(F)F. The first-order chi connectivity index (χ1) is 11.0. The summed E-state index contributed by atoms with van der Waals surface area (Å²) in [6, 6.07) is 2.94. The zero-order valence-electron chi connectivity index (χ0n) is 12.7. The number of rotatable bonds is 5. The molecule has 0 spiro atoms. The van der Waals surface area contributed by atoms with E-state index in [1.165, 1.54) is 18.3 Å². The minimum Gasteiger partial charge on any atom is -0.452 e. The zero-order chi connectivity index (χ0) is 16.8. The zero-order valence-corrected chi connectivity index (χ0v) is 13.5. The second-order valence-electron chi connectivity index (χ2n) is 5.24. The van der Waals surface area contributed by atoms with Gasteiger partial charge in [0.1, 0.15) is 5.03 Å². The molecule has 2 heterocycles. The molecular weight excluding hydrogens is 326 g/mol. The Morgan fingerprint density at radius 3 is 2.96 bits per heavy atom. The van der Waals surface area contributed by atoms with Crippen molar-refractivity contribution in [3.63, 3.8) is 0 Å². The van der Waals surface area contributed by atoms with Crippen molar-refractivity contribution < 1.29 is 23.1 Å². The highest BCUT2D eigenvalue weighted by molar-refractivity contribution is 7.99. The third-order valence-electron chi connectivity index (χ3n) is 3.64. The van der Waals surface area contributed by atoms with Crippen LogP contribution in [-0.2, 0) is 9.53 Å². The first-order valence-electron chi connectivity index (χ1n) is 7.35. The lowest BCUT2D eigenvalue weighted by Gasteiger charge is -2.33. The van der Waals surface area contributed by atoms with Gasteiger partial charge in [-0.15, -0.1) is 0 Å². The van der Waals surface area contributed by atoms with Crippen molar-refractivity contribution in [1.29, 1.82) is 0 Å². The number of halogens is 2. The lowest BCUT2D eigenvalue weighted by atomic mass is 10.0. The molecule has 0 radical (unpaired) electrons. The number of esters is 1. The Morgan fingerprint density at radius 1 is 1.48 bits per heavy atom. The van der Waals surface area contributed by atoms with E-state index in [1.54, 1.807) is 4.90 Å². The summed E-state index contributed by atoms with van der Waals surface area (Å²) in [4.78, 5) is 29.6. The number of hydrogen-bond donors (Lipinski definition) is 0. The standard InChI is InChI=1S/C15H18F2N2O3S/c1-10-5-2-3-8-19(10)12(20)9-22-14(21)11-6-4-7-18-13(11)23-15(16)17/h4,6-7,10,15H,2-3,5,8-9H2,1H3. The lowest BCUT2D eigenvalue weighted by Crippen LogP contribution is -2.44. The van der Waals surface area contributed by atoms with Crippen LogP contribution in [0.2, 0.25) is 0 Å². The van der Waals surface area contributed by atoms with Crippen LogP contribution in [0.3, 0.4) is 0 Å². The Hall–Kier alpha value is -1.70. The summed E-state index contributed by atoms with van der Waals surface area (Å²) in [5, 5.41) is -0.105. The van der Waals surface area contributed by atoms with Gasteiger partial charge in [-0.1, -0.05) is 0 Å². The number of nitrogens with zero attached hydrogens (tertiary/aromatic N) is 2. The Morgan fingerprint density at radius 2 is 2.26 bits per heavy atom. The van der Waals surface area contributed by atoms with Crippen LogP contribution < -0.4 is 0 Å². The van der Waals surface area contributed by atoms with Gasteiger partial charge in [-0.2, -0.15) is 8.78 Å². The Bertz CT molecular complexity index is 571. The number of likely N-dealkylation sites (tertiary alicyclic amines) is 1. The number of amides is 1. The minimum absolute atomic E-state index is 0.0581. The van der Waals surface area contributed by atoms with Crippen LogP contribution >= 0.6 is 11.8 Å². The van der Waals surface area contributed by atoms with Gasteiger partial charge in [0.2, 0.25) is 0 Å². The molecule has 1 aliphatic heterocycles. The summed E-state index contributed by atoms with van der Waals surface area (Å²) in [6.07, 6.45) is 4.26. The maximum atomic E-state index is 12.5. The summed E-state index contributed by atoms with van der Waals surface area (Å²) >= 11 is 0.175. The van der Waals surface area contributed by atoms with Gasteiger partial charge in [-0.25, -0.2) is 9.78 Å². The molecule has 1 atom stereocenters. The highest BCUT2D eigenvalue weighted by atomic mass is 32.2. The summed E-state index contributed by atoms with van der Waals surface area (Å²) in [6.45, 7) is 2.21. The Labute approximate surface area is 137 Å². The van der Waals surface area contributed by atoms with Gasteiger partial charge in [-0.3, -0.25) is 4.79 Å². The summed E-state index contributed by atoms with van der Waals surface area (Å²) < 4.78 is 29.9. The summed E-state index contributed by atoms with van der Waals surface area (Å²) in [5.74, 6) is -3.77. The molecule has 0 saturated carbocycles. The molecule has 23 heavy (non-hydrogen) atoms. The topological polar surface area (TPSA) is 59.5 Å². The van der Waals surface area contributed by atoms with Crippen molar-refractivity contribution in [3.8, 4) is 0 Å². The molecule has 0 aromatic carbocycles. The van der Waals surface area contributed by atoms with Gasteiger partial charge in [-0.05, 0) is 50.1 Å². The van der Waals surface area contributed by atoms with E-state index in [4.69, 9.17) is 4.74 Å². The molecule has 5 nitrogen and oxygen atoms in total. The minimum atomic E-state index is -2.69. The first kappa shape index (κ1) is 17.7. The number of carbonyl (C=O) groups is 2. The molecule has 1 amide bonds. The van der Waals surface area contributed by atoms with Gasteiger partial charge in [0.05, 0.1) is 5.56 Å². The quantitative estimate of drug-likeness (QED) is 0.607. The van der Waals surface area contributed by atoms with Crippen LogP contribution in [0.25, 0.3) is 0 Å². The monoisotopic (exact) mass is 344 g/mol. The fourth-order valence-corrected chi connectivity index (χ4v) is 3.05. The molecule has 1 unspecified atom stereocenters. The van der Waals surface area contributed by atoms with Crippen LogP contribution in [0.15, 0.2) is 23.4 Å². The van der Waals surface area contributed by atoms with Gasteiger partial charge in [0, 0.05) is 18.8 Å². The average molecular weight is 344 g/mol. The van der Waals surface area contributed by atoms with E-state index >= 15 is 0 Å². The number of thioether (sulfide) groups is 1. The van der Waals surface area contributed by atoms with Crippen LogP contribution in [0, 0.1) is 0 Å². The van der Waals surface area contributed by atoms with Crippen molar-refractivity contribution in [2.75, 3.05) is 13.2 Å². The van der Waals surface area contributed by atoms with Crippen molar-refractivity contribution in [2.24, 2.45) is 0 Å². The maximum Gasteiger partial charge on any atom is 0.341 e. The van der Waals surface area contributed by atoms with E-state index in [0.717, 1.165) is 19.3 Å². The highest BCUT2D eigenvalue weighted by Gasteiger charge is 2.25. The Balaban J connectivity index is 1.95. The largest absolute Gasteiger partial charge is 0.452 e. The molecule has 1 aromatic rings. The number of ether oxygens (including phenoxy) is 1. The van der Waals surface area contributed by atoms with E-state index in [-0.39, 0.29) is 34.3 Å². The molecule has 0 bridgehead atoms. The number of carbonyl (C=O) groups excluding carboxylic acids is 2.